The summed E-state index contributed by atoms with van der Waals surface area (Å²) < 4.78 is 5.86. The molecule has 16 heavy (non-hydrogen) atoms. The number of hydrogen-bond donors (Lipinski definition) is 2. The molecule has 2 N–H and O–H groups in total. The van der Waals surface area contributed by atoms with E-state index in [1.165, 1.54) is 25.7 Å². The first-order valence-corrected chi connectivity index (χ1v) is 6.47. The third-order valence-corrected chi connectivity index (χ3v) is 3.73. The molecule has 0 aromatic heterocycles. The van der Waals surface area contributed by atoms with Gasteiger partial charge >= 0.3 is 0 Å². The molecule has 0 aromatic rings. The molecule has 0 bridgehead atoms. The van der Waals surface area contributed by atoms with Gasteiger partial charge in [-0.05, 0) is 44.6 Å². The van der Waals surface area contributed by atoms with Crippen LogP contribution in [0.15, 0.2) is 0 Å². The van der Waals surface area contributed by atoms with Crippen LogP contribution in [0.5, 0.6) is 0 Å². The molecular formula is C13H27NO2. The third-order valence-electron chi connectivity index (χ3n) is 3.73. The van der Waals surface area contributed by atoms with E-state index >= 15 is 0 Å². The summed E-state index contributed by atoms with van der Waals surface area (Å²) in [5.74, 6) is 0. The molecule has 1 fully saturated rings. The molecule has 1 atom stereocenters. The van der Waals surface area contributed by atoms with E-state index in [2.05, 4.69) is 19.2 Å². The second-order valence-electron chi connectivity index (χ2n) is 5.69. The van der Waals surface area contributed by atoms with Crippen molar-refractivity contribution in [3.05, 3.63) is 0 Å². The first kappa shape index (κ1) is 13.9. The monoisotopic (exact) mass is 229 g/mol. The van der Waals surface area contributed by atoms with Crippen LogP contribution in [0.2, 0.25) is 0 Å². The molecule has 0 aromatic carbocycles. The molecule has 1 aliphatic rings. The smallest absolute Gasteiger partial charge is 0.0585 e. The molecule has 0 radical (unpaired) electrons. The highest BCUT2D eigenvalue weighted by atomic mass is 16.5. The van der Waals surface area contributed by atoms with Gasteiger partial charge in [-0.15, -0.1) is 0 Å². The van der Waals surface area contributed by atoms with Crippen LogP contribution in [-0.4, -0.2) is 37.5 Å². The van der Waals surface area contributed by atoms with Gasteiger partial charge in [-0.25, -0.2) is 0 Å². The van der Waals surface area contributed by atoms with Crippen molar-refractivity contribution in [1.82, 2.24) is 5.32 Å². The summed E-state index contributed by atoms with van der Waals surface area (Å²) in [6, 6.07) is 0.181. The number of likely N-dealkylation sites (N-methyl/N-ethyl adjacent to an activating group) is 1. The van der Waals surface area contributed by atoms with Gasteiger partial charge in [0, 0.05) is 12.6 Å². The van der Waals surface area contributed by atoms with Gasteiger partial charge in [0.05, 0.1) is 12.7 Å². The van der Waals surface area contributed by atoms with Crippen LogP contribution in [0.25, 0.3) is 0 Å². The van der Waals surface area contributed by atoms with E-state index in [-0.39, 0.29) is 12.6 Å². The third kappa shape index (κ3) is 4.81. The number of ether oxygens (including phenoxy) is 1. The second kappa shape index (κ2) is 6.58. The van der Waals surface area contributed by atoms with Crippen molar-refractivity contribution in [3.63, 3.8) is 0 Å². The van der Waals surface area contributed by atoms with Crippen LogP contribution >= 0.6 is 0 Å². The van der Waals surface area contributed by atoms with Crippen LogP contribution in [0, 0.1) is 5.41 Å². The molecule has 1 rings (SSSR count). The average molecular weight is 229 g/mol. The lowest BCUT2D eigenvalue weighted by Crippen LogP contribution is -2.32. The highest BCUT2D eigenvalue weighted by molar-refractivity contribution is 4.78. The zero-order chi connectivity index (χ0) is 12.0. The molecule has 0 amide bonds. The van der Waals surface area contributed by atoms with E-state index in [1.54, 1.807) is 0 Å². The molecule has 3 nitrogen and oxygen atoms in total. The predicted octanol–water partition coefficient (Wildman–Crippen LogP) is 1.94. The first-order chi connectivity index (χ1) is 7.57. The summed E-state index contributed by atoms with van der Waals surface area (Å²) in [5.41, 5.74) is 0.512. The second-order valence-corrected chi connectivity index (χ2v) is 5.69. The fourth-order valence-corrected chi connectivity index (χ4v) is 2.24. The van der Waals surface area contributed by atoms with Gasteiger partial charge in [0.25, 0.3) is 0 Å². The topological polar surface area (TPSA) is 41.5 Å². The lowest BCUT2D eigenvalue weighted by atomic mass is 9.76. The number of rotatable bonds is 6. The predicted molar refractivity (Wildman–Crippen MR) is 66.5 cm³/mol. The van der Waals surface area contributed by atoms with Gasteiger partial charge in [-0.3, -0.25) is 0 Å². The Morgan fingerprint density at radius 1 is 1.38 bits per heavy atom. The summed E-state index contributed by atoms with van der Waals surface area (Å²) in [5, 5.41) is 12.1. The Kier molecular flexibility index (Phi) is 5.73. The fourth-order valence-electron chi connectivity index (χ4n) is 2.24. The zero-order valence-corrected chi connectivity index (χ0v) is 11.0. The Bertz CT molecular complexity index is 180. The molecule has 1 aliphatic carbocycles. The van der Waals surface area contributed by atoms with Gasteiger partial charge in [0.1, 0.15) is 0 Å². The number of hydrogen-bond acceptors (Lipinski definition) is 3. The summed E-state index contributed by atoms with van der Waals surface area (Å²) in [6.07, 6.45) is 6.27. The van der Waals surface area contributed by atoms with Gasteiger partial charge in [0.2, 0.25) is 0 Å². The summed E-state index contributed by atoms with van der Waals surface area (Å²) in [7, 11) is 1.88. The van der Waals surface area contributed by atoms with Crippen LogP contribution in [-0.2, 0) is 4.74 Å². The maximum atomic E-state index is 9.01. The van der Waals surface area contributed by atoms with Crippen molar-refractivity contribution in [2.45, 2.75) is 58.1 Å². The van der Waals surface area contributed by atoms with Crippen molar-refractivity contribution in [1.29, 1.82) is 0 Å². The molecule has 1 saturated carbocycles. The summed E-state index contributed by atoms with van der Waals surface area (Å²) >= 11 is 0. The minimum Gasteiger partial charge on any atom is -0.395 e. The van der Waals surface area contributed by atoms with E-state index in [4.69, 9.17) is 9.84 Å². The Labute approximate surface area is 99.6 Å². The minimum atomic E-state index is 0.181. The van der Waals surface area contributed by atoms with E-state index in [1.807, 2.05) is 7.05 Å². The average Bonchev–Trinajstić information content (AvgIpc) is 2.26. The Hall–Kier alpha value is -0.120. The maximum absolute atomic E-state index is 9.01. The minimum absolute atomic E-state index is 0.181. The van der Waals surface area contributed by atoms with Crippen molar-refractivity contribution in [2.24, 2.45) is 5.41 Å². The van der Waals surface area contributed by atoms with Crippen molar-refractivity contribution in [2.75, 3.05) is 20.3 Å². The lowest BCUT2D eigenvalue weighted by Gasteiger charge is -2.34. The van der Waals surface area contributed by atoms with Gasteiger partial charge in [-0.1, -0.05) is 13.8 Å². The quantitative estimate of drug-likeness (QED) is 0.731. The van der Waals surface area contributed by atoms with Crippen LogP contribution in [0.1, 0.15) is 46.0 Å². The van der Waals surface area contributed by atoms with Gasteiger partial charge in [0.15, 0.2) is 0 Å². The fraction of sp³-hybridized carbons (Fsp3) is 1.00. The highest BCUT2D eigenvalue weighted by Gasteiger charge is 2.27. The van der Waals surface area contributed by atoms with Crippen molar-refractivity contribution in [3.8, 4) is 0 Å². The number of nitrogens with one attached hydrogen (secondary N) is 1. The molecular weight excluding hydrogens is 202 g/mol. The lowest BCUT2D eigenvalue weighted by molar-refractivity contribution is -0.000919. The van der Waals surface area contributed by atoms with Gasteiger partial charge < -0.3 is 15.2 Å². The normalized spacial score (nSPS) is 23.2. The van der Waals surface area contributed by atoms with Crippen LogP contribution < -0.4 is 5.32 Å². The molecule has 0 heterocycles. The molecule has 0 saturated heterocycles. The van der Waals surface area contributed by atoms with Gasteiger partial charge in [-0.2, -0.15) is 0 Å². The molecule has 3 heteroatoms. The number of aliphatic hydroxyl groups excluding tert-OH is 1. The highest BCUT2D eigenvalue weighted by Crippen LogP contribution is 2.36. The number of aliphatic hydroxyl groups is 1. The maximum Gasteiger partial charge on any atom is 0.0585 e. The molecule has 96 valence electrons. The molecule has 0 aliphatic heterocycles. The van der Waals surface area contributed by atoms with E-state index in [0.717, 1.165) is 13.0 Å². The SMILES string of the molecule is CNC(CO)CCOC1CCC(C)(C)CC1. The van der Waals surface area contributed by atoms with Crippen LogP contribution in [0.3, 0.4) is 0 Å². The van der Waals surface area contributed by atoms with Crippen molar-refractivity contribution >= 4 is 0 Å². The van der Waals surface area contributed by atoms with E-state index < -0.39 is 0 Å². The van der Waals surface area contributed by atoms with Crippen LogP contribution in [0.4, 0.5) is 0 Å². The standard InChI is InChI=1S/C13H27NO2/c1-13(2)7-4-12(5-8-13)16-9-6-11(10-15)14-3/h11-12,14-15H,4-10H2,1-3H3. The summed E-state index contributed by atoms with van der Waals surface area (Å²) in [6.45, 7) is 5.63. The Morgan fingerprint density at radius 2 is 2.00 bits per heavy atom. The Balaban J connectivity index is 2.10. The largest absolute Gasteiger partial charge is 0.395 e. The zero-order valence-electron chi connectivity index (χ0n) is 11.0. The van der Waals surface area contributed by atoms with Crippen molar-refractivity contribution < 1.29 is 9.84 Å². The van der Waals surface area contributed by atoms with E-state index in [9.17, 15) is 0 Å². The summed E-state index contributed by atoms with van der Waals surface area (Å²) in [4.78, 5) is 0. The molecule has 0 spiro atoms. The Morgan fingerprint density at radius 3 is 2.50 bits per heavy atom. The van der Waals surface area contributed by atoms with E-state index in [0.29, 0.717) is 11.5 Å². The molecule has 1 unspecified atom stereocenters. The first-order valence-electron chi connectivity index (χ1n) is 6.47.